The van der Waals surface area contributed by atoms with Gasteiger partial charge in [0.05, 0.1) is 11.4 Å². The quantitative estimate of drug-likeness (QED) is 0.163. The zero-order chi connectivity index (χ0) is 35.8. The standard InChI is InChI=1S/C49H31N5/c1-4-18-33(19-5-1)42-31-43(39-30-16-24-32-17-10-11-25-36(32)39)51-48(50-42)44-40-28-14-12-26-37(40)38-27-13-15-29-41(38)45(44)49-53-46(34-20-6-2-7-21-34)52-47(54-49)35-22-8-3-9-23-35/h1-31H. The van der Waals surface area contributed by atoms with Gasteiger partial charge >= 0.3 is 0 Å². The van der Waals surface area contributed by atoms with Crippen LogP contribution in [0.1, 0.15) is 0 Å². The first-order valence-corrected chi connectivity index (χ1v) is 18.0. The Morgan fingerprint density at radius 3 is 1.24 bits per heavy atom. The monoisotopic (exact) mass is 689 g/mol. The molecular weight excluding hydrogens is 659 g/mol. The second kappa shape index (κ2) is 13.3. The number of aromatic nitrogens is 5. The van der Waals surface area contributed by atoms with Gasteiger partial charge in [-0.15, -0.1) is 0 Å². The van der Waals surface area contributed by atoms with Crippen LogP contribution in [0.4, 0.5) is 0 Å². The van der Waals surface area contributed by atoms with E-state index in [0.717, 1.165) is 77.1 Å². The largest absolute Gasteiger partial charge is 0.228 e. The average molecular weight is 690 g/mol. The fraction of sp³-hybridized carbons (Fsp3) is 0. The molecule has 0 saturated carbocycles. The van der Waals surface area contributed by atoms with E-state index in [4.69, 9.17) is 24.9 Å². The van der Waals surface area contributed by atoms with Crippen molar-refractivity contribution in [2.24, 2.45) is 0 Å². The number of nitrogens with zero attached hydrogens (tertiary/aromatic N) is 5. The lowest BCUT2D eigenvalue weighted by Crippen LogP contribution is -2.04. The van der Waals surface area contributed by atoms with Crippen LogP contribution in [0.2, 0.25) is 0 Å². The van der Waals surface area contributed by atoms with Crippen molar-refractivity contribution in [3.63, 3.8) is 0 Å². The van der Waals surface area contributed by atoms with Crippen molar-refractivity contribution >= 4 is 32.3 Å². The molecular formula is C49H31N5. The first-order chi connectivity index (χ1) is 26.8. The van der Waals surface area contributed by atoms with Gasteiger partial charge in [-0.1, -0.05) is 182 Å². The number of hydrogen-bond acceptors (Lipinski definition) is 5. The van der Waals surface area contributed by atoms with Crippen molar-refractivity contribution in [1.82, 2.24) is 24.9 Å². The van der Waals surface area contributed by atoms with Crippen LogP contribution in [0.3, 0.4) is 0 Å². The lowest BCUT2D eigenvalue weighted by Gasteiger charge is -2.18. The Balaban J connectivity index is 1.35. The van der Waals surface area contributed by atoms with Crippen LogP contribution in [-0.2, 0) is 0 Å². The summed E-state index contributed by atoms with van der Waals surface area (Å²) in [5, 5.41) is 6.51. The van der Waals surface area contributed by atoms with Crippen molar-refractivity contribution < 1.29 is 0 Å². The van der Waals surface area contributed by atoms with Crippen LogP contribution in [0, 0.1) is 0 Å². The predicted octanol–water partition coefficient (Wildman–Crippen LogP) is 12.1. The highest BCUT2D eigenvalue weighted by Gasteiger charge is 2.24. The molecule has 0 amide bonds. The topological polar surface area (TPSA) is 64.5 Å². The van der Waals surface area contributed by atoms with Crippen LogP contribution >= 0.6 is 0 Å². The minimum absolute atomic E-state index is 0.556. The van der Waals surface area contributed by atoms with E-state index in [1.54, 1.807) is 0 Å². The molecule has 0 N–H and O–H groups in total. The molecule has 2 aromatic heterocycles. The summed E-state index contributed by atoms with van der Waals surface area (Å²) < 4.78 is 0. The Morgan fingerprint density at radius 2 is 0.667 bits per heavy atom. The zero-order valence-corrected chi connectivity index (χ0v) is 29.1. The van der Waals surface area contributed by atoms with Crippen LogP contribution in [0.25, 0.3) is 100 Å². The van der Waals surface area contributed by atoms with E-state index in [9.17, 15) is 0 Å². The average Bonchev–Trinajstić information content (AvgIpc) is 3.26. The van der Waals surface area contributed by atoms with Gasteiger partial charge in [0.25, 0.3) is 0 Å². The van der Waals surface area contributed by atoms with Gasteiger partial charge in [-0.25, -0.2) is 24.9 Å². The van der Waals surface area contributed by atoms with Gasteiger partial charge in [0, 0.05) is 33.4 Å². The van der Waals surface area contributed by atoms with Crippen molar-refractivity contribution in [3.05, 3.63) is 188 Å². The maximum atomic E-state index is 5.47. The number of fused-ring (bicyclic) bond motifs is 4. The summed E-state index contributed by atoms with van der Waals surface area (Å²) in [6, 6.07) is 64.5. The summed E-state index contributed by atoms with van der Waals surface area (Å²) in [6.07, 6.45) is 0. The Morgan fingerprint density at radius 1 is 0.259 bits per heavy atom. The lowest BCUT2D eigenvalue weighted by molar-refractivity contribution is 1.07. The van der Waals surface area contributed by atoms with E-state index >= 15 is 0 Å². The summed E-state index contributed by atoms with van der Waals surface area (Å²) in [5.41, 5.74) is 7.26. The molecule has 0 unspecified atom stereocenters. The Labute approximate surface area is 312 Å². The summed E-state index contributed by atoms with van der Waals surface area (Å²) in [7, 11) is 0. The Bertz CT molecular complexity index is 2920. The molecule has 0 fully saturated rings. The van der Waals surface area contributed by atoms with Crippen molar-refractivity contribution in [2.45, 2.75) is 0 Å². The minimum Gasteiger partial charge on any atom is -0.228 e. The minimum atomic E-state index is 0.556. The van der Waals surface area contributed by atoms with Crippen LogP contribution < -0.4 is 0 Å². The third kappa shape index (κ3) is 5.56. The second-order valence-electron chi connectivity index (χ2n) is 13.2. The van der Waals surface area contributed by atoms with Crippen LogP contribution in [0.15, 0.2) is 188 Å². The molecule has 0 aliphatic rings. The van der Waals surface area contributed by atoms with Crippen molar-refractivity contribution in [3.8, 4) is 68.1 Å². The van der Waals surface area contributed by atoms with Crippen LogP contribution in [0.5, 0.6) is 0 Å². The Kier molecular flexibility index (Phi) is 7.73. The first-order valence-electron chi connectivity index (χ1n) is 18.0. The second-order valence-corrected chi connectivity index (χ2v) is 13.2. The maximum Gasteiger partial charge on any atom is 0.165 e. The molecule has 0 saturated heterocycles. The lowest BCUT2D eigenvalue weighted by atomic mass is 9.90. The fourth-order valence-electron chi connectivity index (χ4n) is 7.43. The van der Waals surface area contributed by atoms with E-state index < -0.39 is 0 Å². The highest BCUT2D eigenvalue weighted by molar-refractivity contribution is 6.20. The van der Waals surface area contributed by atoms with Gasteiger partial charge in [0.1, 0.15) is 0 Å². The van der Waals surface area contributed by atoms with Gasteiger partial charge in [-0.05, 0) is 38.4 Å². The maximum absolute atomic E-state index is 5.47. The molecule has 0 bridgehead atoms. The van der Waals surface area contributed by atoms with Gasteiger partial charge in [0.2, 0.25) is 0 Å². The van der Waals surface area contributed by atoms with E-state index in [-0.39, 0.29) is 0 Å². The van der Waals surface area contributed by atoms with E-state index in [1.165, 1.54) is 0 Å². The highest BCUT2D eigenvalue weighted by Crippen LogP contribution is 2.44. The predicted molar refractivity (Wildman–Crippen MR) is 221 cm³/mol. The molecule has 0 aliphatic carbocycles. The molecule has 252 valence electrons. The Hall–Kier alpha value is -7.37. The molecule has 8 aromatic carbocycles. The van der Waals surface area contributed by atoms with Crippen molar-refractivity contribution in [1.29, 1.82) is 0 Å². The smallest absolute Gasteiger partial charge is 0.165 e. The third-order valence-corrected chi connectivity index (χ3v) is 9.94. The molecule has 0 atom stereocenters. The molecule has 2 heterocycles. The van der Waals surface area contributed by atoms with Gasteiger partial charge in [-0.2, -0.15) is 0 Å². The van der Waals surface area contributed by atoms with Gasteiger partial charge in [-0.3, -0.25) is 0 Å². The highest BCUT2D eigenvalue weighted by atomic mass is 15.0. The summed E-state index contributed by atoms with van der Waals surface area (Å²) in [6.45, 7) is 0. The molecule has 0 aliphatic heterocycles. The van der Waals surface area contributed by atoms with Crippen molar-refractivity contribution in [2.75, 3.05) is 0 Å². The third-order valence-electron chi connectivity index (χ3n) is 9.94. The first kappa shape index (κ1) is 31.4. The number of benzene rings is 8. The molecule has 0 spiro atoms. The zero-order valence-electron chi connectivity index (χ0n) is 29.1. The van der Waals surface area contributed by atoms with E-state index in [0.29, 0.717) is 23.3 Å². The van der Waals surface area contributed by atoms with E-state index in [1.807, 2.05) is 78.9 Å². The van der Waals surface area contributed by atoms with Crippen LogP contribution in [-0.4, -0.2) is 24.9 Å². The SMILES string of the molecule is c1ccc(-c2cc(-c3cccc4ccccc34)nc(-c3c(-c4nc(-c5ccccc5)nc(-c5ccccc5)n4)c4ccccc4c4ccccc34)n2)cc1. The van der Waals surface area contributed by atoms with Gasteiger partial charge < -0.3 is 0 Å². The normalized spacial score (nSPS) is 11.3. The molecule has 10 aromatic rings. The van der Waals surface area contributed by atoms with E-state index in [2.05, 4.69) is 109 Å². The number of hydrogen-bond donors (Lipinski definition) is 0. The number of rotatable bonds is 6. The summed E-state index contributed by atoms with van der Waals surface area (Å²) in [5.74, 6) is 2.34. The molecule has 5 heteroatoms. The summed E-state index contributed by atoms with van der Waals surface area (Å²) >= 11 is 0. The molecule has 5 nitrogen and oxygen atoms in total. The van der Waals surface area contributed by atoms with Gasteiger partial charge in [0.15, 0.2) is 23.3 Å². The summed E-state index contributed by atoms with van der Waals surface area (Å²) in [4.78, 5) is 26.4. The molecule has 10 rings (SSSR count). The molecule has 54 heavy (non-hydrogen) atoms. The fourth-order valence-corrected chi connectivity index (χ4v) is 7.43. The molecule has 0 radical (unpaired) electrons.